The predicted octanol–water partition coefficient (Wildman–Crippen LogP) is 0.874. The van der Waals surface area contributed by atoms with Gasteiger partial charge in [-0.25, -0.2) is 0 Å². The fourth-order valence-electron chi connectivity index (χ4n) is 2.08. The standard InChI is InChI=1S/C11H16N2O3/c1-7-10(6-13-16-7)11(15)12-5-8-2-3-9(14)4-8/h6,8-9,14H,2-5H2,1H3,(H,12,15). The lowest BCUT2D eigenvalue weighted by Crippen LogP contribution is -2.28. The molecule has 1 saturated carbocycles. The largest absolute Gasteiger partial charge is 0.393 e. The van der Waals surface area contributed by atoms with Crippen molar-refractivity contribution in [2.45, 2.75) is 32.3 Å². The van der Waals surface area contributed by atoms with E-state index in [9.17, 15) is 9.90 Å². The van der Waals surface area contributed by atoms with E-state index in [1.165, 1.54) is 6.20 Å². The smallest absolute Gasteiger partial charge is 0.256 e. The molecule has 5 nitrogen and oxygen atoms in total. The zero-order valence-electron chi connectivity index (χ0n) is 9.27. The molecular formula is C11H16N2O3. The van der Waals surface area contributed by atoms with Gasteiger partial charge in [-0.2, -0.15) is 0 Å². The maximum atomic E-state index is 11.7. The van der Waals surface area contributed by atoms with Crippen molar-refractivity contribution in [3.63, 3.8) is 0 Å². The monoisotopic (exact) mass is 224 g/mol. The molecule has 88 valence electrons. The summed E-state index contributed by atoms with van der Waals surface area (Å²) in [5, 5.41) is 15.8. The molecule has 2 N–H and O–H groups in total. The number of aliphatic hydroxyl groups excluding tert-OH is 1. The molecule has 0 saturated heterocycles. The average Bonchev–Trinajstić information content (AvgIpc) is 2.84. The van der Waals surface area contributed by atoms with E-state index in [1.54, 1.807) is 6.92 Å². The summed E-state index contributed by atoms with van der Waals surface area (Å²) in [6.07, 6.45) is 3.83. The molecule has 2 atom stereocenters. The van der Waals surface area contributed by atoms with Gasteiger partial charge in [0.05, 0.1) is 12.3 Å². The van der Waals surface area contributed by atoms with Gasteiger partial charge < -0.3 is 14.9 Å². The van der Waals surface area contributed by atoms with E-state index in [1.807, 2.05) is 0 Å². The molecule has 1 aliphatic carbocycles. The van der Waals surface area contributed by atoms with Crippen molar-refractivity contribution < 1.29 is 14.4 Å². The molecule has 2 rings (SSSR count). The third-order valence-corrected chi connectivity index (χ3v) is 3.06. The Labute approximate surface area is 93.8 Å². The molecule has 1 amide bonds. The maximum absolute atomic E-state index is 11.7. The fourth-order valence-corrected chi connectivity index (χ4v) is 2.08. The number of aliphatic hydroxyl groups is 1. The minimum Gasteiger partial charge on any atom is -0.393 e. The third-order valence-electron chi connectivity index (χ3n) is 3.06. The summed E-state index contributed by atoms with van der Waals surface area (Å²) in [4.78, 5) is 11.7. The van der Waals surface area contributed by atoms with Crippen LogP contribution in [0.15, 0.2) is 10.7 Å². The highest BCUT2D eigenvalue weighted by molar-refractivity contribution is 5.94. The van der Waals surface area contributed by atoms with Gasteiger partial charge in [0, 0.05) is 6.54 Å². The van der Waals surface area contributed by atoms with Gasteiger partial charge in [-0.05, 0) is 32.1 Å². The lowest BCUT2D eigenvalue weighted by atomic mass is 10.1. The van der Waals surface area contributed by atoms with Crippen molar-refractivity contribution in [2.75, 3.05) is 6.54 Å². The minimum absolute atomic E-state index is 0.153. The van der Waals surface area contributed by atoms with E-state index in [-0.39, 0.29) is 12.0 Å². The molecule has 1 aliphatic rings. The van der Waals surface area contributed by atoms with Crippen molar-refractivity contribution >= 4 is 5.91 Å². The molecule has 0 radical (unpaired) electrons. The van der Waals surface area contributed by atoms with Gasteiger partial charge in [0.25, 0.3) is 5.91 Å². The van der Waals surface area contributed by atoms with E-state index in [2.05, 4.69) is 10.5 Å². The van der Waals surface area contributed by atoms with Gasteiger partial charge in [0.1, 0.15) is 11.3 Å². The van der Waals surface area contributed by atoms with Gasteiger partial charge in [-0.15, -0.1) is 0 Å². The van der Waals surface area contributed by atoms with Gasteiger partial charge in [-0.3, -0.25) is 4.79 Å². The number of nitrogens with zero attached hydrogens (tertiary/aromatic N) is 1. The van der Waals surface area contributed by atoms with Crippen molar-refractivity contribution in [3.05, 3.63) is 17.5 Å². The molecule has 1 aromatic rings. The number of hydrogen-bond acceptors (Lipinski definition) is 4. The van der Waals surface area contributed by atoms with E-state index >= 15 is 0 Å². The predicted molar refractivity (Wildman–Crippen MR) is 56.9 cm³/mol. The van der Waals surface area contributed by atoms with Crippen LogP contribution in [0.1, 0.15) is 35.4 Å². The number of amides is 1. The Morgan fingerprint density at radius 1 is 1.69 bits per heavy atom. The van der Waals surface area contributed by atoms with Crippen LogP contribution < -0.4 is 5.32 Å². The number of hydrogen-bond donors (Lipinski definition) is 2. The van der Waals surface area contributed by atoms with Gasteiger partial charge in [0.15, 0.2) is 0 Å². The third kappa shape index (κ3) is 2.41. The normalized spacial score (nSPS) is 24.6. The van der Waals surface area contributed by atoms with Gasteiger partial charge >= 0.3 is 0 Å². The number of nitrogens with one attached hydrogen (secondary N) is 1. The summed E-state index contributed by atoms with van der Waals surface area (Å²) in [5.41, 5.74) is 0.485. The first-order valence-electron chi connectivity index (χ1n) is 5.54. The van der Waals surface area contributed by atoms with Crippen LogP contribution in [-0.2, 0) is 0 Å². The number of rotatable bonds is 3. The molecule has 0 bridgehead atoms. The molecule has 1 aromatic heterocycles. The minimum atomic E-state index is -0.195. The molecule has 1 fully saturated rings. The van der Waals surface area contributed by atoms with Crippen LogP contribution in [0.3, 0.4) is 0 Å². The maximum Gasteiger partial charge on any atom is 0.256 e. The number of carbonyl (C=O) groups is 1. The lowest BCUT2D eigenvalue weighted by Gasteiger charge is -2.09. The highest BCUT2D eigenvalue weighted by atomic mass is 16.5. The number of aryl methyl sites for hydroxylation is 1. The Morgan fingerprint density at radius 3 is 3.06 bits per heavy atom. The van der Waals surface area contributed by atoms with Crippen molar-refractivity contribution in [1.82, 2.24) is 10.5 Å². The Balaban J connectivity index is 1.82. The first-order valence-corrected chi connectivity index (χ1v) is 5.54. The van der Waals surface area contributed by atoms with Crippen LogP contribution in [0.4, 0.5) is 0 Å². The number of carbonyl (C=O) groups excluding carboxylic acids is 1. The Bertz CT molecular complexity index is 375. The van der Waals surface area contributed by atoms with Gasteiger partial charge in [-0.1, -0.05) is 5.16 Å². The molecule has 5 heteroatoms. The van der Waals surface area contributed by atoms with Gasteiger partial charge in [0.2, 0.25) is 0 Å². The summed E-state index contributed by atoms with van der Waals surface area (Å²) in [7, 11) is 0. The molecular weight excluding hydrogens is 208 g/mol. The molecule has 0 spiro atoms. The van der Waals surface area contributed by atoms with E-state index in [0.717, 1.165) is 19.3 Å². The summed E-state index contributed by atoms with van der Waals surface area (Å²) in [6, 6.07) is 0. The Kier molecular flexibility index (Phi) is 3.24. The molecule has 0 aliphatic heterocycles. The van der Waals surface area contributed by atoms with Crippen LogP contribution in [0.2, 0.25) is 0 Å². The quantitative estimate of drug-likeness (QED) is 0.799. The second kappa shape index (κ2) is 4.65. The summed E-state index contributed by atoms with van der Waals surface area (Å²) in [5.74, 6) is 0.767. The molecule has 0 aromatic carbocycles. The molecule has 2 unspecified atom stereocenters. The van der Waals surface area contributed by atoms with Crippen molar-refractivity contribution in [1.29, 1.82) is 0 Å². The zero-order valence-corrected chi connectivity index (χ0v) is 9.27. The SMILES string of the molecule is Cc1oncc1C(=O)NCC1CCC(O)C1. The van der Waals surface area contributed by atoms with E-state index in [4.69, 9.17) is 4.52 Å². The second-order valence-electron chi connectivity index (χ2n) is 4.34. The summed E-state index contributed by atoms with van der Waals surface area (Å²) in [6.45, 7) is 2.32. The molecule has 16 heavy (non-hydrogen) atoms. The van der Waals surface area contributed by atoms with Crippen molar-refractivity contribution in [3.8, 4) is 0 Å². The second-order valence-corrected chi connectivity index (χ2v) is 4.34. The zero-order chi connectivity index (χ0) is 11.5. The van der Waals surface area contributed by atoms with Crippen LogP contribution in [0.5, 0.6) is 0 Å². The van der Waals surface area contributed by atoms with Crippen LogP contribution >= 0.6 is 0 Å². The first kappa shape index (κ1) is 11.1. The van der Waals surface area contributed by atoms with E-state index in [0.29, 0.717) is 23.8 Å². The van der Waals surface area contributed by atoms with Crippen LogP contribution in [-0.4, -0.2) is 28.8 Å². The first-order chi connectivity index (χ1) is 7.66. The molecule has 1 heterocycles. The van der Waals surface area contributed by atoms with Crippen molar-refractivity contribution in [2.24, 2.45) is 5.92 Å². The highest BCUT2D eigenvalue weighted by Crippen LogP contribution is 2.24. The lowest BCUT2D eigenvalue weighted by molar-refractivity contribution is 0.0943. The average molecular weight is 224 g/mol. The highest BCUT2D eigenvalue weighted by Gasteiger charge is 2.23. The number of aromatic nitrogens is 1. The van der Waals surface area contributed by atoms with Crippen LogP contribution in [0.25, 0.3) is 0 Å². The van der Waals surface area contributed by atoms with Crippen LogP contribution in [0, 0.1) is 12.8 Å². The topological polar surface area (TPSA) is 75.4 Å². The summed E-state index contributed by atoms with van der Waals surface area (Å²) < 4.78 is 4.82. The van der Waals surface area contributed by atoms with E-state index < -0.39 is 0 Å². The Morgan fingerprint density at radius 2 is 2.50 bits per heavy atom. The summed E-state index contributed by atoms with van der Waals surface area (Å²) >= 11 is 0. The fraction of sp³-hybridized carbons (Fsp3) is 0.636. The Hall–Kier alpha value is -1.36.